The molecule has 5 nitrogen and oxygen atoms in total. The van der Waals surface area contributed by atoms with Crippen LogP contribution in [0.25, 0.3) is 0 Å². The lowest BCUT2D eigenvalue weighted by atomic mass is 10.1. The topological polar surface area (TPSA) is 68.0 Å². The fourth-order valence-electron chi connectivity index (χ4n) is 1.58. The summed E-state index contributed by atoms with van der Waals surface area (Å²) >= 11 is 0. The van der Waals surface area contributed by atoms with E-state index in [-0.39, 0.29) is 5.69 Å². The minimum atomic E-state index is -0.988. The number of carboxylic acids is 1. The molecule has 0 aliphatic rings. The maximum Gasteiger partial charge on any atom is 0.358 e. The summed E-state index contributed by atoms with van der Waals surface area (Å²) in [4.78, 5) is 11.0. The van der Waals surface area contributed by atoms with Gasteiger partial charge in [0.25, 0.3) is 0 Å². The van der Waals surface area contributed by atoms with Crippen LogP contribution in [0.1, 0.15) is 49.8 Å². The molecule has 0 saturated carbocycles. The van der Waals surface area contributed by atoms with Crippen molar-refractivity contribution in [3.05, 3.63) is 11.4 Å². The first-order valence-electron chi connectivity index (χ1n) is 5.71. The van der Waals surface area contributed by atoms with Crippen molar-refractivity contribution in [2.24, 2.45) is 5.92 Å². The zero-order valence-electron chi connectivity index (χ0n) is 10.1. The lowest BCUT2D eigenvalue weighted by Gasteiger charge is -2.08. The maximum atomic E-state index is 11.0. The molecule has 1 rings (SSSR count). The molecule has 0 aliphatic heterocycles. The number of unbranched alkanes of at least 4 members (excludes halogenated alkanes) is 1. The average molecular weight is 225 g/mol. The monoisotopic (exact) mass is 225 g/mol. The van der Waals surface area contributed by atoms with Gasteiger partial charge in [-0.25, -0.2) is 9.48 Å². The molecule has 5 heteroatoms. The van der Waals surface area contributed by atoms with Crippen LogP contribution in [0, 0.1) is 5.92 Å². The third kappa shape index (κ3) is 3.05. The van der Waals surface area contributed by atoms with Gasteiger partial charge >= 0.3 is 5.97 Å². The maximum absolute atomic E-state index is 11.0. The first-order chi connectivity index (χ1) is 7.56. The van der Waals surface area contributed by atoms with Gasteiger partial charge in [0.2, 0.25) is 0 Å². The Morgan fingerprint density at radius 3 is 2.69 bits per heavy atom. The van der Waals surface area contributed by atoms with Crippen LogP contribution in [0.4, 0.5) is 0 Å². The summed E-state index contributed by atoms with van der Waals surface area (Å²) in [5, 5.41) is 16.7. The molecule has 0 aliphatic carbocycles. The highest BCUT2D eigenvalue weighted by Crippen LogP contribution is 2.12. The third-order valence-electron chi connectivity index (χ3n) is 2.37. The van der Waals surface area contributed by atoms with E-state index >= 15 is 0 Å². The predicted molar refractivity (Wildman–Crippen MR) is 60.4 cm³/mol. The smallest absolute Gasteiger partial charge is 0.358 e. The molecular weight excluding hydrogens is 206 g/mol. The summed E-state index contributed by atoms with van der Waals surface area (Å²) in [6, 6.07) is 0. The van der Waals surface area contributed by atoms with Crippen LogP contribution >= 0.6 is 0 Å². The molecule has 0 radical (unpaired) electrons. The van der Waals surface area contributed by atoms with Gasteiger partial charge in [0.05, 0.1) is 5.69 Å². The van der Waals surface area contributed by atoms with Crippen molar-refractivity contribution >= 4 is 5.97 Å². The Morgan fingerprint density at radius 2 is 2.19 bits per heavy atom. The van der Waals surface area contributed by atoms with Crippen LogP contribution in [-0.2, 0) is 13.0 Å². The lowest BCUT2D eigenvalue weighted by Crippen LogP contribution is -2.11. The van der Waals surface area contributed by atoms with E-state index in [0.717, 1.165) is 25.1 Å². The molecule has 1 heterocycles. The van der Waals surface area contributed by atoms with Crippen LogP contribution < -0.4 is 0 Å². The number of hydrogen-bond acceptors (Lipinski definition) is 3. The van der Waals surface area contributed by atoms with E-state index in [1.807, 2.05) is 0 Å². The molecule has 1 aromatic heterocycles. The van der Waals surface area contributed by atoms with E-state index in [1.165, 1.54) is 0 Å². The average Bonchev–Trinajstić information content (AvgIpc) is 2.57. The van der Waals surface area contributed by atoms with Crippen molar-refractivity contribution in [2.75, 3.05) is 0 Å². The zero-order valence-corrected chi connectivity index (χ0v) is 10.1. The molecule has 0 atom stereocenters. The summed E-state index contributed by atoms with van der Waals surface area (Å²) in [7, 11) is 0. The highest BCUT2D eigenvalue weighted by molar-refractivity contribution is 5.86. The molecule has 16 heavy (non-hydrogen) atoms. The number of aromatic nitrogens is 3. The van der Waals surface area contributed by atoms with Gasteiger partial charge in [-0.05, 0) is 18.8 Å². The van der Waals surface area contributed by atoms with Gasteiger partial charge in [-0.2, -0.15) is 0 Å². The second kappa shape index (κ2) is 5.63. The number of carboxylic acid groups (broad SMARTS) is 1. The predicted octanol–water partition coefficient (Wildman–Crippen LogP) is 1.97. The number of aromatic carboxylic acids is 1. The van der Waals surface area contributed by atoms with E-state index < -0.39 is 5.97 Å². The molecule has 1 N–H and O–H groups in total. The molecule has 0 aromatic carbocycles. The van der Waals surface area contributed by atoms with Crippen molar-refractivity contribution in [3.63, 3.8) is 0 Å². The summed E-state index contributed by atoms with van der Waals surface area (Å²) in [5.41, 5.74) is 0.848. The fraction of sp³-hybridized carbons (Fsp3) is 0.727. The molecule has 0 fully saturated rings. The van der Waals surface area contributed by atoms with Crippen LogP contribution in [-0.4, -0.2) is 26.1 Å². The molecular formula is C11H19N3O2. The Hall–Kier alpha value is -1.39. The van der Waals surface area contributed by atoms with Crippen LogP contribution in [0.15, 0.2) is 0 Å². The van der Waals surface area contributed by atoms with Crippen molar-refractivity contribution in [3.8, 4) is 0 Å². The minimum absolute atomic E-state index is 0.102. The molecule has 0 unspecified atom stereocenters. The SMILES string of the molecule is CCCCn1nnc(C(=O)O)c1CC(C)C. The van der Waals surface area contributed by atoms with E-state index in [1.54, 1.807) is 4.68 Å². The van der Waals surface area contributed by atoms with Crippen LogP contribution in [0.3, 0.4) is 0 Å². The number of carbonyl (C=O) groups is 1. The van der Waals surface area contributed by atoms with Gasteiger partial charge in [0, 0.05) is 6.54 Å². The minimum Gasteiger partial charge on any atom is -0.476 e. The van der Waals surface area contributed by atoms with Crippen LogP contribution in [0.5, 0.6) is 0 Å². The quantitative estimate of drug-likeness (QED) is 0.803. The molecule has 0 bridgehead atoms. The Kier molecular flexibility index (Phi) is 4.46. The lowest BCUT2D eigenvalue weighted by molar-refractivity contribution is 0.0689. The molecule has 0 spiro atoms. The van der Waals surface area contributed by atoms with Gasteiger partial charge in [0.1, 0.15) is 0 Å². The Morgan fingerprint density at radius 1 is 1.50 bits per heavy atom. The summed E-state index contributed by atoms with van der Waals surface area (Å²) in [6.45, 7) is 6.96. The number of aryl methyl sites for hydroxylation is 1. The first kappa shape index (κ1) is 12.7. The largest absolute Gasteiger partial charge is 0.476 e. The Balaban J connectivity index is 2.94. The molecule has 1 aromatic rings. The number of nitrogens with zero attached hydrogens (tertiary/aromatic N) is 3. The Bertz CT molecular complexity index is 358. The van der Waals surface area contributed by atoms with Crippen molar-refractivity contribution in [2.45, 2.75) is 46.6 Å². The van der Waals surface area contributed by atoms with Crippen molar-refractivity contribution in [1.82, 2.24) is 15.0 Å². The molecule has 0 amide bonds. The van der Waals surface area contributed by atoms with Gasteiger partial charge in [-0.15, -0.1) is 5.10 Å². The summed E-state index contributed by atoms with van der Waals surface area (Å²) in [6.07, 6.45) is 2.76. The van der Waals surface area contributed by atoms with E-state index in [9.17, 15) is 4.79 Å². The zero-order chi connectivity index (χ0) is 12.1. The van der Waals surface area contributed by atoms with Crippen molar-refractivity contribution in [1.29, 1.82) is 0 Å². The second-order valence-corrected chi connectivity index (χ2v) is 4.36. The highest BCUT2D eigenvalue weighted by atomic mass is 16.4. The molecule has 0 saturated heterocycles. The molecule has 90 valence electrons. The van der Waals surface area contributed by atoms with Gasteiger partial charge in [-0.3, -0.25) is 0 Å². The van der Waals surface area contributed by atoms with E-state index in [4.69, 9.17) is 5.11 Å². The van der Waals surface area contributed by atoms with E-state index in [0.29, 0.717) is 12.3 Å². The second-order valence-electron chi connectivity index (χ2n) is 4.36. The summed E-state index contributed by atoms with van der Waals surface area (Å²) < 4.78 is 1.73. The van der Waals surface area contributed by atoms with Gasteiger partial charge in [0.15, 0.2) is 5.69 Å². The number of rotatable bonds is 6. The standard InChI is InChI=1S/C11H19N3O2/c1-4-5-6-14-9(7-8(2)3)10(11(15)16)12-13-14/h8H,4-7H2,1-3H3,(H,15,16). The van der Waals surface area contributed by atoms with Gasteiger partial charge in [-0.1, -0.05) is 32.4 Å². The third-order valence-corrected chi connectivity index (χ3v) is 2.37. The van der Waals surface area contributed by atoms with Gasteiger partial charge < -0.3 is 5.11 Å². The number of hydrogen-bond donors (Lipinski definition) is 1. The normalized spacial score (nSPS) is 11.0. The Labute approximate surface area is 95.5 Å². The fourth-order valence-corrected chi connectivity index (χ4v) is 1.58. The first-order valence-corrected chi connectivity index (χ1v) is 5.71. The van der Waals surface area contributed by atoms with E-state index in [2.05, 4.69) is 31.1 Å². The van der Waals surface area contributed by atoms with Crippen LogP contribution in [0.2, 0.25) is 0 Å². The van der Waals surface area contributed by atoms with Crippen molar-refractivity contribution < 1.29 is 9.90 Å². The summed E-state index contributed by atoms with van der Waals surface area (Å²) in [5.74, 6) is -0.588. The highest BCUT2D eigenvalue weighted by Gasteiger charge is 2.19.